The van der Waals surface area contributed by atoms with Gasteiger partial charge < -0.3 is 0 Å². The fourth-order valence-electron chi connectivity index (χ4n) is 3.32. The minimum absolute atomic E-state index is 0.149. The summed E-state index contributed by atoms with van der Waals surface area (Å²) in [7, 11) is 0. The Bertz CT molecular complexity index is 639. The molecule has 3 rings (SSSR count). The van der Waals surface area contributed by atoms with Crippen molar-refractivity contribution in [3.05, 3.63) is 69.7 Å². The Labute approximate surface area is 131 Å². The number of fused-ring (bicyclic) bond motifs is 1. The van der Waals surface area contributed by atoms with Crippen molar-refractivity contribution in [2.45, 2.75) is 32.2 Å². The number of nitrogens with two attached hydrogens (primary N) is 1. The van der Waals surface area contributed by atoms with Crippen LogP contribution in [0.3, 0.4) is 0 Å². The Morgan fingerprint density at radius 2 is 1.95 bits per heavy atom. The van der Waals surface area contributed by atoms with Gasteiger partial charge in [-0.05, 0) is 60.4 Å². The van der Waals surface area contributed by atoms with E-state index in [0.717, 1.165) is 29.8 Å². The van der Waals surface area contributed by atoms with Crippen molar-refractivity contribution in [1.29, 1.82) is 0 Å². The summed E-state index contributed by atoms with van der Waals surface area (Å²) in [6.45, 7) is 2.02. The van der Waals surface area contributed by atoms with Crippen LogP contribution in [-0.4, -0.2) is 0 Å². The minimum atomic E-state index is 0.149. The zero-order chi connectivity index (χ0) is 14.8. The SMILES string of the molecule is Cc1ccc(C(NN)C2CCc3ccccc3C2)cc1Cl. The molecule has 2 unspecified atom stereocenters. The van der Waals surface area contributed by atoms with Crippen molar-refractivity contribution in [3.8, 4) is 0 Å². The lowest BCUT2D eigenvalue weighted by Gasteiger charge is -2.31. The first-order valence-electron chi connectivity index (χ1n) is 7.48. The molecule has 110 valence electrons. The topological polar surface area (TPSA) is 38.0 Å². The third-order valence-corrected chi connectivity index (χ3v) is 5.00. The van der Waals surface area contributed by atoms with Crippen LogP contribution in [0.15, 0.2) is 42.5 Å². The average Bonchev–Trinajstić information content (AvgIpc) is 2.51. The molecule has 0 saturated carbocycles. The maximum Gasteiger partial charge on any atom is 0.0491 e. The molecule has 1 aliphatic carbocycles. The molecule has 1 aliphatic rings. The van der Waals surface area contributed by atoms with Crippen molar-refractivity contribution in [2.24, 2.45) is 11.8 Å². The number of benzene rings is 2. The van der Waals surface area contributed by atoms with Crippen LogP contribution in [0.2, 0.25) is 5.02 Å². The maximum absolute atomic E-state index is 6.27. The van der Waals surface area contributed by atoms with E-state index in [-0.39, 0.29) is 6.04 Å². The molecule has 0 saturated heterocycles. The third kappa shape index (κ3) is 2.98. The minimum Gasteiger partial charge on any atom is -0.271 e. The van der Waals surface area contributed by atoms with Crippen LogP contribution in [-0.2, 0) is 12.8 Å². The van der Waals surface area contributed by atoms with Gasteiger partial charge in [0.15, 0.2) is 0 Å². The lowest BCUT2D eigenvalue weighted by molar-refractivity contribution is 0.329. The van der Waals surface area contributed by atoms with Gasteiger partial charge in [-0.2, -0.15) is 0 Å². The van der Waals surface area contributed by atoms with Gasteiger partial charge in [-0.1, -0.05) is 48.0 Å². The molecule has 2 aromatic rings. The molecule has 0 fully saturated rings. The summed E-state index contributed by atoms with van der Waals surface area (Å²) in [4.78, 5) is 0. The standard InChI is InChI=1S/C18H21ClN2/c1-12-6-7-16(11-17(12)19)18(21-20)15-9-8-13-4-2-3-5-14(13)10-15/h2-7,11,15,18,21H,8-10,20H2,1H3. The molecule has 21 heavy (non-hydrogen) atoms. The first-order chi connectivity index (χ1) is 10.2. The molecule has 0 aromatic heterocycles. The smallest absolute Gasteiger partial charge is 0.0491 e. The van der Waals surface area contributed by atoms with Crippen molar-refractivity contribution < 1.29 is 0 Å². The van der Waals surface area contributed by atoms with Crippen LogP contribution in [0.5, 0.6) is 0 Å². The van der Waals surface area contributed by atoms with Crippen molar-refractivity contribution in [1.82, 2.24) is 5.43 Å². The van der Waals surface area contributed by atoms with Gasteiger partial charge in [0.05, 0.1) is 0 Å². The van der Waals surface area contributed by atoms with E-state index in [1.165, 1.54) is 16.7 Å². The molecule has 2 nitrogen and oxygen atoms in total. The largest absolute Gasteiger partial charge is 0.271 e. The highest BCUT2D eigenvalue weighted by Gasteiger charge is 2.26. The van der Waals surface area contributed by atoms with Crippen LogP contribution in [0, 0.1) is 12.8 Å². The number of halogens is 1. The Hall–Kier alpha value is -1.35. The van der Waals surface area contributed by atoms with E-state index in [4.69, 9.17) is 17.4 Å². The van der Waals surface area contributed by atoms with Crippen LogP contribution < -0.4 is 11.3 Å². The maximum atomic E-state index is 6.27. The highest BCUT2D eigenvalue weighted by Crippen LogP contribution is 2.34. The van der Waals surface area contributed by atoms with Crippen LogP contribution >= 0.6 is 11.6 Å². The quantitative estimate of drug-likeness (QED) is 0.665. The molecule has 0 spiro atoms. The second-order valence-corrected chi connectivity index (χ2v) is 6.33. The van der Waals surface area contributed by atoms with Crippen molar-refractivity contribution in [3.63, 3.8) is 0 Å². The van der Waals surface area contributed by atoms with Crippen LogP contribution in [0.4, 0.5) is 0 Å². The first kappa shape index (κ1) is 14.6. The molecule has 2 aromatic carbocycles. The number of rotatable bonds is 3. The number of hydrogen-bond acceptors (Lipinski definition) is 2. The van der Waals surface area contributed by atoms with Crippen molar-refractivity contribution in [2.75, 3.05) is 0 Å². The second-order valence-electron chi connectivity index (χ2n) is 5.92. The summed E-state index contributed by atoms with van der Waals surface area (Å²) >= 11 is 6.27. The molecule has 0 radical (unpaired) electrons. The lowest BCUT2D eigenvalue weighted by Crippen LogP contribution is -2.36. The molecular weight excluding hydrogens is 280 g/mol. The predicted octanol–water partition coefficient (Wildman–Crippen LogP) is 3.96. The highest BCUT2D eigenvalue weighted by atomic mass is 35.5. The first-order valence-corrected chi connectivity index (χ1v) is 7.86. The van der Waals surface area contributed by atoms with E-state index in [0.29, 0.717) is 5.92 Å². The van der Waals surface area contributed by atoms with Gasteiger partial charge in [0, 0.05) is 11.1 Å². The number of hydrogen-bond donors (Lipinski definition) is 2. The van der Waals surface area contributed by atoms with Crippen molar-refractivity contribution >= 4 is 11.6 Å². The zero-order valence-corrected chi connectivity index (χ0v) is 13.0. The van der Waals surface area contributed by atoms with E-state index in [2.05, 4.69) is 41.8 Å². The summed E-state index contributed by atoms with van der Waals surface area (Å²) in [5.74, 6) is 6.35. The molecular formula is C18H21ClN2. The van der Waals surface area contributed by atoms with E-state index in [1.807, 2.05) is 13.0 Å². The van der Waals surface area contributed by atoms with Gasteiger partial charge in [-0.3, -0.25) is 11.3 Å². The number of nitrogens with one attached hydrogen (secondary N) is 1. The van der Waals surface area contributed by atoms with Gasteiger partial charge in [0.1, 0.15) is 0 Å². The summed E-state index contributed by atoms with van der Waals surface area (Å²) in [5.41, 5.74) is 8.22. The molecule has 0 heterocycles. The molecule has 3 heteroatoms. The molecule has 2 atom stereocenters. The van der Waals surface area contributed by atoms with Gasteiger partial charge >= 0.3 is 0 Å². The summed E-state index contributed by atoms with van der Waals surface area (Å²) in [6.07, 6.45) is 3.34. The Morgan fingerprint density at radius 1 is 1.19 bits per heavy atom. The molecule has 3 N–H and O–H groups in total. The Kier molecular flexibility index (Phi) is 4.29. The van der Waals surface area contributed by atoms with Gasteiger partial charge in [0.25, 0.3) is 0 Å². The Balaban J connectivity index is 1.86. The lowest BCUT2D eigenvalue weighted by atomic mass is 9.78. The highest BCUT2D eigenvalue weighted by molar-refractivity contribution is 6.31. The second kappa shape index (κ2) is 6.18. The van der Waals surface area contributed by atoms with E-state index < -0.39 is 0 Å². The predicted molar refractivity (Wildman–Crippen MR) is 88.2 cm³/mol. The normalized spacial score (nSPS) is 19.1. The monoisotopic (exact) mass is 300 g/mol. The van der Waals surface area contributed by atoms with Crippen LogP contribution in [0.25, 0.3) is 0 Å². The summed E-state index contributed by atoms with van der Waals surface area (Å²) in [6, 6.07) is 15.1. The fraction of sp³-hybridized carbons (Fsp3) is 0.333. The van der Waals surface area contributed by atoms with E-state index >= 15 is 0 Å². The van der Waals surface area contributed by atoms with Gasteiger partial charge in [-0.25, -0.2) is 0 Å². The van der Waals surface area contributed by atoms with Gasteiger partial charge in [0.2, 0.25) is 0 Å². The zero-order valence-electron chi connectivity index (χ0n) is 12.3. The van der Waals surface area contributed by atoms with Gasteiger partial charge in [-0.15, -0.1) is 0 Å². The average molecular weight is 301 g/mol. The number of aryl methyl sites for hydroxylation is 2. The van der Waals surface area contributed by atoms with E-state index in [1.54, 1.807) is 0 Å². The summed E-state index contributed by atoms with van der Waals surface area (Å²) < 4.78 is 0. The van der Waals surface area contributed by atoms with E-state index in [9.17, 15) is 0 Å². The molecule has 0 bridgehead atoms. The third-order valence-electron chi connectivity index (χ3n) is 4.59. The summed E-state index contributed by atoms with van der Waals surface area (Å²) in [5, 5.41) is 0.809. The molecule has 0 aliphatic heterocycles. The fourth-order valence-corrected chi connectivity index (χ4v) is 3.51. The number of hydrazine groups is 1. The van der Waals surface area contributed by atoms with Crippen LogP contribution in [0.1, 0.15) is 34.7 Å². The molecule has 0 amide bonds. The Morgan fingerprint density at radius 3 is 2.67 bits per heavy atom.